The maximum atomic E-state index is 15.0. The van der Waals surface area contributed by atoms with Gasteiger partial charge in [-0.25, -0.2) is 4.39 Å². The molecule has 39 heavy (non-hydrogen) atoms. The summed E-state index contributed by atoms with van der Waals surface area (Å²) in [6.07, 6.45) is 3.91. The summed E-state index contributed by atoms with van der Waals surface area (Å²) in [7, 11) is 0. The van der Waals surface area contributed by atoms with Crippen LogP contribution in [0.3, 0.4) is 0 Å². The summed E-state index contributed by atoms with van der Waals surface area (Å²) >= 11 is 6.04. The third-order valence-corrected chi connectivity index (χ3v) is 8.86. The number of piperidine rings is 1. The van der Waals surface area contributed by atoms with Crippen LogP contribution in [0.2, 0.25) is 5.02 Å². The first kappa shape index (κ1) is 31.9. The van der Waals surface area contributed by atoms with E-state index in [1.807, 2.05) is 4.90 Å². The van der Waals surface area contributed by atoms with E-state index in [2.05, 4.69) is 65.6 Å². The van der Waals surface area contributed by atoms with Crippen molar-refractivity contribution in [3.8, 4) is 0 Å². The van der Waals surface area contributed by atoms with Crippen LogP contribution in [0.15, 0.2) is 18.2 Å². The van der Waals surface area contributed by atoms with E-state index in [0.29, 0.717) is 35.5 Å². The van der Waals surface area contributed by atoms with E-state index in [-0.39, 0.29) is 46.0 Å². The minimum atomic E-state index is -0.327. The second kappa shape index (κ2) is 12.1. The van der Waals surface area contributed by atoms with E-state index in [1.165, 1.54) is 6.07 Å². The van der Waals surface area contributed by atoms with Gasteiger partial charge in [0.05, 0.1) is 5.92 Å². The lowest BCUT2D eigenvalue weighted by molar-refractivity contribution is -0.137. The van der Waals surface area contributed by atoms with E-state index < -0.39 is 0 Å². The predicted octanol–water partition coefficient (Wildman–Crippen LogP) is 6.89. The highest BCUT2D eigenvalue weighted by Crippen LogP contribution is 2.41. The Morgan fingerprint density at radius 2 is 1.64 bits per heavy atom. The summed E-state index contributed by atoms with van der Waals surface area (Å²) in [5, 5.41) is 3.51. The lowest BCUT2D eigenvalue weighted by atomic mass is 9.70. The van der Waals surface area contributed by atoms with Crippen LogP contribution in [0.4, 0.5) is 4.39 Å². The SMILES string of the molecule is CC(=O)NC(C)(C)CC(CC(C)(C)C)C1CCN(C(=O)[C@@H]2CN(C(C)(C)C)C[C@H]2c2ccc(Cl)cc2F)CC1. The van der Waals surface area contributed by atoms with Crippen molar-refractivity contribution < 1.29 is 14.0 Å². The van der Waals surface area contributed by atoms with Gasteiger partial charge in [0.15, 0.2) is 0 Å². The first-order valence-corrected chi connectivity index (χ1v) is 15.0. The maximum absolute atomic E-state index is 15.0. The smallest absolute Gasteiger partial charge is 0.227 e. The fourth-order valence-electron chi connectivity index (χ4n) is 6.92. The Labute approximate surface area is 241 Å². The number of carbonyl (C=O) groups excluding carboxylic acids is 2. The number of rotatable bonds is 7. The average molecular weight is 564 g/mol. The van der Waals surface area contributed by atoms with Gasteiger partial charge in [0.1, 0.15) is 5.82 Å². The molecule has 0 aliphatic carbocycles. The van der Waals surface area contributed by atoms with Crippen molar-refractivity contribution in [2.75, 3.05) is 26.2 Å². The Balaban J connectivity index is 1.75. The number of nitrogens with one attached hydrogen (secondary N) is 1. The zero-order valence-corrected chi connectivity index (χ0v) is 26.4. The molecule has 220 valence electrons. The number of benzene rings is 1. The Morgan fingerprint density at radius 1 is 1.03 bits per heavy atom. The normalized spacial score (nSPS) is 22.7. The zero-order chi connectivity index (χ0) is 29.3. The number of carbonyl (C=O) groups is 2. The molecule has 7 heteroatoms. The van der Waals surface area contributed by atoms with Gasteiger partial charge in [0, 0.05) is 55.1 Å². The average Bonchev–Trinajstić information content (AvgIpc) is 3.22. The first-order chi connectivity index (χ1) is 17.9. The second-order valence-corrected chi connectivity index (χ2v) is 15.3. The van der Waals surface area contributed by atoms with Gasteiger partial charge in [-0.2, -0.15) is 0 Å². The van der Waals surface area contributed by atoms with E-state index in [0.717, 1.165) is 38.8 Å². The molecule has 2 fully saturated rings. The van der Waals surface area contributed by atoms with Crippen LogP contribution in [0, 0.1) is 29.0 Å². The van der Waals surface area contributed by atoms with Gasteiger partial charge in [-0.3, -0.25) is 14.5 Å². The van der Waals surface area contributed by atoms with Crippen LogP contribution in [0.1, 0.15) is 99.5 Å². The largest absolute Gasteiger partial charge is 0.351 e. The predicted molar refractivity (Wildman–Crippen MR) is 158 cm³/mol. The van der Waals surface area contributed by atoms with Gasteiger partial charge in [-0.1, -0.05) is 38.4 Å². The Kier molecular flexibility index (Phi) is 9.85. The summed E-state index contributed by atoms with van der Waals surface area (Å²) < 4.78 is 15.0. The van der Waals surface area contributed by atoms with Crippen LogP contribution in [0.25, 0.3) is 0 Å². The molecule has 0 bridgehead atoms. The van der Waals surface area contributed by atoms with Crippen LogP contribution in [0.5, 0.6) is 0 Å². The molecule has 3 atom stereocenters. The van der Waals surface area contributed by atoms with Gasteiger partial charge in [-0.15, -0.1) is 0 Å². The monoisotopic (exact) mass is 563 g/mol. The summed E-state index contributed by atoms with van der Waals surface area (Å²) in [5.74, 6) is 0.308. The molecule has 0 aromatic heterocycles. The minimum absolute atomic E-state index is 0.00228. The number of nitrogens with zero attached hydrogens (tertiary/aromatic N) is 2. The zero-order valence-electron chi connectivity index (χ0n) is 25.7. The second-order valence-electron chi connectivity index (χ2n) is 14.9. The fourth-order valence-corrected chi connectivity index (χ4v) is 7.08. The molecule has 0 spiro atoms. The van der Waals surface area contributed by atoms with Crippen molar-refractivity contribution in [1.29, 1.82) is 0 Å². The molecule has 2 heterocycles. The van der Waals surface area contributed by atoms with Gasteiger partial charge in [0.25, 0.3) is 0 Å². The summed E-state index contributed by atoms with van der Waals surface area (Å²) in [6.45, 7) is 21.8. The molecule has 2 aliphatic heterocycles. The fraction of sp³-hybridized carbons (Fsp3) is 0.750. The van der Waals surface area contributed by atoms with Gasteiger partial charge >= 0.3 is 0 Å². The number of hydrogen-bond donors (Lipinski definition) is 1. The lowest BCUT2D eigenvalue weighted by Gasteiger charge is -2.42. The number of halogens is 2. The van der Waals surface area contributed by atoms with Gasteiger partial charge in [0.2, 0.25) is 11.8 Å². The van der Waals surface area contributed by atoms with Crippen molar-refractivity contribution in [1.82, 2.24) is 15.1 Å². The number of likely N-dealkylation sites (tertiary alicyclic amines) is 2. The summed E-state index contributed by atoms with van der Waals surface area (Å²) in [5.41, 5.74) is 0.388. The molecular weight excluding hydrogens is 513 g/mol. The molecule has 2 amide bonds. The number of hydrogen-bond acceptors (Lipinski definition) is 3. The van der Waals surface area contributed by atoms with E-state index in [4.69, 9.17) is 11.6 Å². The van der Waals surface area contributed by atoms with E-state index in [9.17, 15) is 9.59 Å². The van der Waals surface area contributed by atoms with Crippen LogP contribution < -0.4 is 5.32 Å². The molecule has 0 saturated carbocycles. The van der Waals surface area contributed by atoms with Crippen molar-refractivity contribution in [3.63, 3.8) is 0 Å². The first-order valence-electron chi connectivity index (χ1n) is 14.6. The minimum Gasteiger partial charge on any atom is -0.351 e. The highest BCUT2D eigenvalue weighted by molar-refractivity contribution is 6.30. The van der Waals surface area contributed by atoms with Crippen LogP contribution in [-0.4, -0.2) is 58.9 Å². The molecule has 1 aromatic rings. The van der Waals surface area contributed by atoms with E-state index in [1.54, 1.807) is 19.1 Å². The van der Waals surface area contributed by atoms with Crippen molar-refractivity contribution >= 4 is 23.4 Å². The molecule has 2 saturated heterocycles. The van der Waals surface area contributed by atoms with Crippen molar-refractivity contribution in [2.24, 2.45) is 23.2 Å². The standard InChI is InChI=1S/C32H51ClFN3O2/c1-21(38)35-32(8,9)18-23(17-30(2,3)4)22-12-14-36(15-13-22)29(39)27-20-37(31(5,6)7)19-26(27)25-11-10-24(33)16-28(25)34/h10-11,16,22-23,26-27H,12-15,17-20H2,1-9H3,(H,35,38)/t23?,26-,27+/m0/s1. The highest BCUT2D eigenvalue weighted by Gasteiger charge is 2.45. The Morgan fingerprint density at radius 3 is 2.15 bits per heavy atom. The number of amides is 2. The third kappa shape index (κ3) is 8.66. The van der Waals surface area contributed by atoms with Crippen molar-refractivity contribution in [2.45, 2.75) is 105 Å². The molecular formula is C32H51ClFN3O2. The molecule has 3 rings (SSSR count). The molecule has 1 aromatic carbocycles. The molecule has 2 aliphatic rings. The quantitative estimate of drug-likeness (QED) is 0.393. The molecule has 1 N–H and O–H groups in total. The lowest BCUT2D eigenvalue weighted by Crippen LogP contribution is -2.48. The third-order valence-electron chi connectivity index (χ3n) is 8.63. The topological polar surface area (TPSA) is 52.7 Å². The van der Waals surface area contributed by atoms with Crippen LogP contribution in [-0.2, 0) is 9.59 Å². The van der Waals surface area contributed by atoms with Crippen molar-refractivity contribution in [3.05, 3.63) is 34.6 Å². The molecule has 1 unspecified atom stereocenters. The molecule has 5 nitrogen and oxygen atoms in total. The summed E-state index contributed by atoms with van der Waals surface area (Å²) in [4.78, 5) is 30.1. The van der Waals surface area contributed by atoms with Crippen LogP contribution >= 0.6 is 11.6 Å². The summed E-state index contributed by atoms with van der Waals surface area (Å²) in [6, 6.07) is 4.85. The Hall–Kier alpha value is -1.66. The van der Waals surface area contributed by atoms with Gasteiger partial charge in [-0.05, 0) is 95.2 Å². The highest BCUT2D eigenvalue weighted by atomic mass is 35.5. The van der Waals surface area contributed by atoms with Gasteiger partial charge < -0.3 is 10.2 Å². The molecule has 0 radical (unpaired) electrons. The maximum Gasteiger partial charge on any atom is 0.227 e. The van der Waals surface area contributed by atoms with E-state index >= 15 is 4.39 Å². The Bertz CT molecular complexity index is 1020.